The lowest BCUT2D eigenvalue weighted by Gasteiger charge is -2.29. The van der Waals surface area contributed by atoms with Gasteiger partial charge in [-0.3, -0.25) is 0 Å². The Labute approximate surface area is 281 Å². The molecular formula is C45H74. The van der Waals surface area contributed by atoms with Crippen molar-refractivity contribution in [3.05, 3.63) is 60.8 Å². The van der Waals surface area contributed by atoms with E-state index < -0.39 is 0 Å². The molecule has 254 valence electrons. The molecule has 6 rings (SSSR count). The fourth-order valence-corrected chi connectivity index (χ4v) is 9.43. The molecule has 0 N–H and O–H groups in total. The molecule has 5 unspecified atom stereocenters. The third kappa shape index (κ3) is 11.1. The maximum Gasteiger partial charge on any atom is 0.00640 e. The first-order valence-corrected chi connectivity index (χ1v) is 20.1. The van der Waals surface area contributed by atoms with Crippen LogP contribution in [0.15, 0.2) is 60.8 Å². The molecule has 0 saturated heterocycles. The van der Waals surface area contributed by atoms with Crippen LogP contribution in [0.4, 0.5) is 0 Å². The Kier molecular flexibility index (Phi) is 14.4. The first-order chi connectivity index (χ1) is 21.7. The van der Waals surface area contributed by atoms with E-state index in [9.17, 15) is 0 Å². The summed E-state index contributed by atoms with van der Waals surface area (Å²) < 4.78 is 0. The topological polar surface area (TPSA) is 0 Å². The molecule has 0 aliphatic heterocycles. The predicted molar refractivity (Wildman–Crippen MR) is 200 cm³/mol. The van der Waals surface area contributed by atoms with Crippen molar-refractivity contribution < 1.29 is 0 Å². The van der Waals surface area contributed by atoms with E-state index in [4.69, 9.17) is 0 Å². The third-order valence-corrected chi connectivity index (χ3v) is 13.0. The van der Waals surface area contributed by atoms with Crippen molar-refractivity contribution in [3.8, 4) is 0 Å². The molecule has 6 aliphatic carbocycles. The average molecular weight is 615 g/mol. The van der Waals surface area contributed by atoms with Crippen LogP contribution < -0.4 is 0 Å². The van der Waals surface area contributed by atoms with Crippen molar-refractivity contribution >= 4 is 0 Å². The van der Waals surface area contributed by atoms with Gasteiger partial charge in [-0.25, -0.2) is 0 Å². The van der Waals surface area contributed by atoms with Gasteiger partial charge in [0.05, 0.1) is 0 Å². The van der Waals surface area contributed by atoms with Crippen LogP contribution in [0, 0.1) is 51.8 Å². The smallest absolute Gasteiger partial charge is 0.00640 e. The zero-order valence-corrected chi connectivity index (χ0v) is 30.9. The maximum absolute atomic E-state index is 2.63. The van der Waals surface area contributed by atoms with Crippen LogP contribution >= 0.6 is 0 Å². The van der Waals surface area contributed by atoms with Crippen LogP contribution in [-0.4, -0.2) is 0 Å². The van der Waals surface area contributed by atoms with E-state index in [1.165, 1.54) is 128 Å². The molecule has 3 spiro atoms. The van der Waals surface area contributed by atoms with Gasteiger partial charge in [0.1, 0.15) is 0 Å². The highest BCUT2D eigenvalue weighted by molar-refractivity contribution is 5.19. The highest BCUT2D eigenvalue weighted by Crippen LogP contribution is 2.45. The van der Waals surface area contributed by atoms with E-state index in [0.717, 1.165) is 35.5 Å². The second-order valence-corrected chi connectivity index (χ2v) is 17.5. The summed E-state index contributed by atoms with van der Waals surface area (Å²) in [5.74, 6) is 4.94. The van der Waals surface area contributed by atoms with Gasteiger partial charge in [0.2, 0.25) is 0 Å². The fraction of sp³-hybridized carbons (Fsp3) is 0.778. The van der Waals surface area contributed by atoms with E-state index >= 15 is 0 Å². The zero-order valence-electron chi connectivity index (χ0n) is 30.9. The molecule has 0 nitrogen and oxygen atoms in total. The van der Waals surface area contributed by atoms with Gasteiger partial charge < -0.3 is 0 Å². The summed E-state index contributed by atoms with van der Waals surface area (Å²) in [4.78, 5) is 0. The van der Waals surface area contributed by atoms with Crippen LogP contribution in [0.25, 0.3) is 0 Å². The van der Waals surface area contributed by atoms with E-state index in [2.05, 4.69) is 102 Å². The van der Waals surface area contributed by atoms with Gasteiger partial charge in [0.25, 0.3) is 0 Å². The Balaban J connectivity index is 0.000000154. The quantitative estimate of drug-likeness (QED) is 0.277. The Morgan fingerprint density at radius 1 is 0.400 bits per heavy atom. The van der Waals surface area contributed by atoms with Gasteiger partial charge >= 0.3 is 0 Å². The minimum Gasteiger partial charge on any atom is -0.0877 e. The molecule has 1 saturated carbocycles. The SMILES string of the molecule is CC(C)C1C=CC2(C=CCC2)CCC1.CC(C)C1C=CC2(C=CCCC2)CCC1.CC(C)C1C=CC2(CCCCCC2)CCC1. The summed E-state index contributed by atoms with van der Waals surface area (Å²) in [5, 5.41) is 0. The van der Waals surface area contributed by atoms with E-state index in [0.29, 0.717) is 16.2 Å². The lowest BCUT2D eigenvalue weighted by Crippen LogP contribution is -2.16. The summed E-state index contributed by atoms with van der Waals surface area (Å²) in [6, 6.07) is 0. The molecule has 0 heteroatoms. The molecule has 0 amide bonds. The maximum atomic E-state index is 2.63. The molecule has 0 heterocycles. The van der Waals surface area contributed by atoms with Gasteiger partial charge in [0.15, 0.2) is 0 Å². The highest BCUT2D eigenvalue weighted by Gasteiger charge is 2.31. The molecule has 0 aromatic heterocycles. The zero-order chi connectivity index (χ0) is 32.2. The largest absolute Gasteiger partial charge is 0.0877 e. The van der Waals surface area contributed by atoms with Crippen LogP contribution in [0.1, 0.15) is 170 Å². The molecule has 5 atom stereocenters. The summed E-state index contributed by atoms with van der Waals surface area (Å²) in [5.41, 5.74) is 1.52. The van der Waals surface area contributed by atoms with E-state index in [1.807, 2.05) is 0 Å². The Morgan fingerprint density at radius 3 is 1.29 bits per heavy atom. The highest BCUT2D eigenvalue weighted by atomic mass is 14.4. The summed E-state index contributed by atoms with van der Waals surface area (Å²) in [7, 11) is 0. The average Bonchev–Trinajstić information content (AvgIpc) is 3.25. The number of hydrogen-bond donors (Lipinski definition) is 0. The number of hydrogen-bond acceptors (Lipinski definition) is 0. The molecule has 0 radical (unpaired) electrons. The first-order valence-electron chi connectivity index (χ1n) is 20.1. The first kappa shape index (κ1) is 36.5. The lowest BCUT2D eigenvalue weighted by molar-refractivity contribution is 0.293. The van der Waals surface area contributed by atoms with Crippen molar-refractivity contribution in [3.63, 3.8) is 0 Å². The van der Waals surface area contributed by atoms with Crippen LogP contribution in [0.2, 0.25) is 0 Å². The molecule has 6 aliphatic rings. The molecule has 0 aromatic carbocycles. The van der Waals surface area contributed by atoms with E-state index in [1.54, 1.807) is 0 Å². The van der Waals surface area contributed by atoms with Gasteiger partial charge in [-0.2, -0.15) is 0 Å². The van der Waals surface area contributed by atoms with E-state index in [-0.39, 0.29) is 0 Å². The normalized spacial score (nSPS) is 34.3. The van der Waals surface area contributed by atoms with Crippen LogP contribution in [0.5, 0.6) is 0 Å². The molecule has 1 fully saturated rings. The molecule has 0 bridgehead atoms. The third-order valence-electron chi connectivity index (χ3n) is 13.0. The Bertz CT molecular complexity index is 991. The molecule has 45 heavy (non-hydrogen) atoms. The Hall–Kier alpha value is -1.30. The second-order valence-electron chi connectivity index (χ2n) is 17.5. The number of rotatable bonds is 3. The van der Waals surface area contributed by atoms with Crippen molar-refractivity contribution in [2.24, 2.45) is 51.8 Å². The molecular weight excluding hydrogens is 540 g/mol. The van der Waals surface area contributed by atoms with Crippen molar-refractivity contribution in [1.29, 1.82) is 0 Å². The van der Waals surface area contributed by atoms with Gasteiger partial charge in [-0.1, -0.05) is 147 Å². The Morgan fingerprint density at radius 2 is 0.822 bits per heavy atom. The monoisotopic (exact) mass is 615 g/mol. The predicted octanol–water partition coefficient (Wildman–Crippen LogP) is 14.4. The summed E-state index contributed by atoms with van der Waals surface area (Å²) in [6.45, 7) is 14.1. The standard InChI is InChI=1S/C16H28.C15H24.C14H22/c1-14(2)15-8-7-12-16(13-9-15)10-5-3-4-6-11-16;1-13(2)14-7-6-11-15(12-8-14)9-4-3-5-10-15;1-12(2)13-6-5-10-14(11-7-13)8-3-4-9-14/h9,13-15H,3-8,10-12H2,1-2H3;4,8-9,12-14H,3,5-7,10-11H2,1-2H3;3,7-8,11-13H,4-6,9-10H2,1-2H3. The minimum absolute atomic E-state index is 0.446. The minimum atomic E-state index is 0.446. The van der Waals surface area contributed by atoms with Gasteiger partial charge in [-0.15, -0.1) is 0 Å². The summed E-state index contributed by atoms with van der Waals surface area (Å²) in [6.07, 6.45) is 53.1. The van der Waals surface area contributed by atoms with Gasteiger partial charge in [-0.05, 0) is 124 Å². The second kappa shape index (κ2) is 17.7. The number of allylic oxidation sites excluding steroid dienone is 10. The lowest BCUT2D eigenvalue weighted by atomic mass is 9.76. The fourth-order valence-electron chi connectivity index (χ4n) is 9.43. The molecule has 0 aromatic rings. The van der Waals surface area contributed by atoms with Crippen molar-refractivity contribution in [2.75, 3.05) is 0 Å². The van der Waals surface area contributed by atoms with Crippen molar-refractivity contribution in [1.82, 2.24) is 0 Å². The van der Waals surface area contributed by atoms with Gasteiger partial charge in [0, 0.05) is 10.8 Å². The van der Waals surface area contributed by atoms with Crippen molar-refractivity contribution in [2.45, 2.75) is 170 Å². The van der Waals surface area contributed by atoms with Crippen LogP contribution in [0.3, 0.4) is 0 Å². The van der Waals surface area contributed by atoms with Crippen LogP contribution in [-0.2, 0) is 0 Å². The summed E-state index contributed by atoms with van der Waals surface area (Å²) >= 11 is 0.